The SMILES string of the molecule is COc1ccc([C@@H](C)NC(=O)c2cc(-c3cccnc3)nc3ccc(Cl)cc23)cc1OC. The minimum atomic E-state index is -0.272. The van der Waals surface area contributed by atoms with Crippen molar-refractivity contribution < 1.29 is 14.3 Å². The zero-order valence-electron chi connectivity index (χ0n) is 17.9. The Hall–Kier alpha value is -3.64. The number of carbonyl (C=O) groups excluding carboxylic acids is 1. The number of halogens is 1. The normalized spacial score (nSPS) is 11.8. The van der Waals surface area contributed by atoms with Crippen molar-refractivity contribution in [3.63, 3.8) is 0 Å². The Bertz CT molecular complexity index is 1280. The number of hydrogen-bond donors (Lipinski definition) is 1. The lowest BCUT2D eigenvalue weighted by Crippen LogP contribution is -2.27. The number of ether oxygens (including phenoxy) is 2. The Kier molecular flexibility index (Phi) is 6.23. The van der Waals surface area contributed by atoms with E-state index in [1.165, 1.54) is 0 Å². The van der Waals surface area contributed by atoms with Gasteiger partial charge in [-0.25, -0.2) is 4.98 Å². The summed E-state index contributed by atoms with van der Waals surface area (Å²) in [6, 6.07) is 16.1. The van der Waals surface area contributed by atoms with Gasteiger partial charge in [0.25, 0.3) is 5.91 Å². The minimum Gasteiger partial charge on any atom is -0.493 e. The van der Waals surface area contributed by atoms with Gasteiger partial charge in [0.15, 0.2) is 11.5 Å². The largest absolute Gasteiger partial charge is 0.493 e. The molecular weight excluding hydrogens is 426 g/mol. The molecule has 6 nitrogen and oxygen atoms in total. The highest BCUT2D eigenvalue weighted by Gasteiger charge is 2.18. The number of amides is 1. The van der Waals surface area contributed by atoms with Crippen molar-refractivity contribution >= 4 is 28.4 Å². The summed E-state index contributed by atoms with van der Waals surface area (Å²) in [7, 11) is 3.17. The van der Waals surface area contributed by atoms with Crippen LogP contribution in [0, 0.1) is 0 Å². The van der Waals surface area contributed by atoms with Crippen LogP contribution in [-0.2, 0) is 0 Å². The third-order valence-electron chi connectivity index (χ3n) is 5.23. The van der Waals surface area contributed by atoms with Crippen molar-refractivity contribution in [2.75, 3.05) is 14.2 Å². The number of benzene rings is 2. The van der Waals surface area contributed by atoms with Crippen LogP contribution in [0.25, 0.3) is 22.2 Å². The molecule has 0 aliphatic heterocycles. The average molecular weight is 448 g/mol. The molecule has 0 bridgehead atoms. The van der Waals surface area contributed by atoms with E-state index in [9.17, 15) is 4.79 Å². The van der Waals surface area contributed by atoms with Crippen LogP contribution >= 0.6 is 11.6 Å². The van der Waals surface area contributed by atoms with Gasteiger partial charge in [-0.1, -0.05) is 17.7 Å². The highest BCUT2D eigenvalue weighted by molar-refractivity contribution is 6.31. The molecule has 1 amide bonds. The molecule has 2 aromatic carbocycles. The Morgan fingerprint density at radius 3 is 2.56 bits per heavy atom. The van der Waals surface area contributed by atoms with E-state index in [0.717, 1.165) is 11.1 Å². The summed E-state index contributed by atoms with van der Waals surface area (Å²) < 4.78 is 10.7. The summed E-state index contributed by atoms with van der Waals surface area (Å²) in [6.45, 7) is 1.91. The predicted octanol–water partition coefficient (Wildman–Crippen LogP) is 5.46. The molecule has 4 rings (SSSR count). The predicted molar refractivity (Wildman–Crippen MR) is 125 cm³/mol. The monoisotopic (exact) mass is 447 g/mol. The molecule has 0 radical (unpaired) electrons. The first-order chi connectivity index (χ1) is 15.5. The lowest BCUT2D eigenvalue weighted by Gasteiger charge is -2.18. The van der Waals surface area contributed by atoms with Crippen molar-refractivity contribution in [1.29, 1.82) is 0 Å². The highest BCUT2D eigenvalue weighted by Crippen LogP contribution is 2.31. The molecule has 2 aromatic heterocycles. The zero-order chi connectivity index (χ0) is 22.7. The number of fused-ring (bicyclic) bond motifs is 1. The third-order valence-corrected chi connectivity index (χ3v) is 5.46. The molecule has 0 aliphatic carbocycles. The van der Waals surface area contributed by atoms with Gasteiger partial charge in [-0.05, 0) is 61.0 Å². The van der Waals surface area contributed by atoms with Crippen molar-refractivity contribution in [2.45, 2.75) is 13.0 Å². The van der Waals surface area contributed by atoms with Gasteiger partial charge in [-0.15, -0.1) is 0 Å². The summed E-state index contributed by atoms with van der Waals surface area (Å²) in [5.41, 5.74) is 3.55. The number of methoxy groups -OCH3 is 2. The van der Waals surface area contributed by atoms with E-state index in [1.54, 1.807) is 44.8 Å². The number of hydrogen-bond acceptors (Lipinski definition) is 5. The lowest BCUT2D eigenvalue weighted by atomic mass is 10.0. The maximum absolute atomic E-state index is 13.4. The number of rotatable bonds is 6. The van der Waals surface area contributed by atoms with E-state index in [4.69, 9.17) is 26.1 Å². The van der Waals surface area contributed by atoms with Gasteiger partial charge < -0.3 is 14.8 Å². The second kappa shape index (κ2) is 9.24. The van der Waals surface area contributed by atoms with E-state index < -0.39 is 0 Å². The molecule has 0 unspecified atom stereocenters. The van der Waals surface area contributed by atoms with Crippen LogP contribution in [-0.4, -0.2) is 30.1 Å². The molecule has 1 atom stereocenters. The highest BCUT2D eigenvalue weighted by atomic mass is 35.5. The smallest absolute Gasteiger partial charge is 0.252 e. The van der Waals surface area contributed by atoms with Gasteiger partial charge in [0.05, 0.1) is 37.0 Å². The number of carbonyl (C=O) groups is 1. The van der Waals surface area contributed by atoms with Crippen molar-refractivity contribution in [2.24, 2.45) is 0 Å². The lowest BCUT2D eigenvalue weighted by molar-refractivity contribution is 0.0941. The van der Waals surface area contributed by atoms with Gasteiger partial charge in [0, 0.05) is 28.4 Å². The first kappa shape index (κ1) is 21.6. The molecule has 0 aliphatic rings. The maximum Gasteiger partial charge on any atom is 0.252 e. The number of pyridine rings is 2. The van der Waals surface area contributed by atoms with Crippen molar-refractivity contribution in [3.8, 4) is 22.8 Å². The molecule has 2 heterocycles. The van der Waals surface area contributed by atoms with E-state index >= 15 is 0 Å². The van der Waals surface area contributed by atoms with Gasteiger partial charge in [0.1, 0.15) is 0 Å². The molecule has 7 heteroatoms. The van der Waals surface area contributed by atoms with Crippen LogP contribution in [0.15, 0.2) is 67.0 Å². The van der Waals surface area contributed by atoms with Gasteiger partial charge in [-0.2, -0.15) is 0 Å². The fraction of sp³-hybridized carbons (Fsp3) is 0.160. The molecule has 32 heavy (non-hydrogen) atoms. The van der Waals surface area contributed by atoms with E-state index in [0.29, 0.717) is 38.7 Å². The summed E-state index contributed by atoms with van der Waals surface area (Å²) in [5.74, 6) is 1.00. The van der Waals surface area contributed by atoms with Gasteiger partial charge in [-0.3, -0.25) is 9.78 Å². The molecule has 0 saturated heterocycles. The molecule has 162 valence electrons. The molecule has 1 N–H and O–H groups in total. The number of nitrogens with zero attached hydrogens (tertiary/aromatic N) is 2. The molecule has 0 spiro atoms. The Morgan fingerprint density at radius 1 is 1.03 bits per heavy atom. The van der Waals surface area contributed by atoms with Crippen LogP contribution in [0.4, 0.5) is 0 Å². The number of aromatic nitrogens is 2. The minimum absolute atomic E-state index is 0.230. The second-order valence-corrected chi connectivity index (χ2v) is 7.70. The molecule has 0 saturated carbocycles. The van der Waals surface area contributed by atoms with E-state index in [1.807, 2.05) is 43.3 Å². The Morgan fingerprint density at radius 2 is 1.84 bits per heavy atom. The fourth-order valence-corrected chi connectivity index (χ4v) is 3.70. The fourth-order valence-electron chi connectivity index (χ4n) is 3.53. The van der Waals surface area contributed by atoms with Crippen LogP contribution in [0.2, 0.25) is 5.02 Å². The van der Waals surface area contributed by atoms with Crippen LogP contribution in [0.3, 0.4) is 0 Å². The van der Waals surface area contributed by atoms with Gasteiger partial charge >= 0.3 is 0 Å². The standard InChI is InChI=1S/C25H22ClN3O3/c1-15(16-6-9-23(31-2)24(11-16)32-3)28-25(30)20-13-22(17-5-4-10-27-14-17)29-21-8-7-18(26)12-19(20)21/h4-15H,1-3H3,(H,28,30)/t15-/m1/s1. The Balaban J connectivity index is 1.72. The Labute approximate surface area is 191 Å². The number of nitrogens with one attached hydrogen (secondary N) is 1. The van der Waals surface area contributed by atoms with Crippen LogP contribution < -0.4 is 14.8 Å². The van der Waals surface area contributed by atoms with Crippen LogP contribution in [0.5, 0.6) is 11.5 Å². The molecular formula is C25H22ClN3O3. The maximum atomic E-state index is 13.4. The average Bonchev–Trinajstić information content (AvgIpc) is 2.83. The second-order valence-electron chi connectivity index (χ2n) is 7.27. The molecule has 0 fully saturated rings. The third kappa shape index (κ3) is 4.36. The summed E-state index contributed by atoms with van der Waals surface area (Å²) in [6.07, 6.45) is 3.42. The molecule has 4 aromatic rings. The van der Waals surface area contributed by atoms with Crippen molar-refractivity contribution in [1.82, 2.24) is 15.3 Å². The topological polar surface area (TPSA) is 73.3 Å². The van der Waals surface area contributed by atoms with Gasteiger partial charge in [0.2, 0.25) is 0 Å². The van der Waals surface area contributed by atoms with Crippen LogP contribution in [0.1, 0.15) is 28.9 Å². The van der Waals surface area contributed by atoms with E-state index in [-0.39, 0.29) is 11.9 Å². The quantitative estimate of drug-likeness (QED) is 0.425. The van der Waals surface area contributed by atoms with E-state index in [2.05, 4.69) is 10.3 Å². The summed E-state index contributed by atoms with van der Waals surface area (Å²) in [4.78, 5) is 22.2. The summed E-state index contributed by atoms with van der Waals surface area (Å²) >= 11 is 6.22. The first-order valence-corrected chi connectivity index (χ1v) is 10.4. The summed E-state index contributed by atoms with van der Waals surface area (Å²) in [5, 5.41) is 4.29. The zero-order valence-corrected chi connectivity index (χ0v) is 18.7. The van der Waals surface area contributed by atoms with Crippen molar-refractivity contribution in [3.05, 3.63) is 83.1 Å². The first-order valence-electron chi connectivity index (χ1n) is 10.0.